The fraction of sp³-hybridized carbons (Fsp3) is 0.227. The van der Waals surface area contributed by atoms with Crippen LogP contribution in [0.25, 0.3) is 0 Å². The van der Waals surface area contributed by atoms with Crippen molar-refractivity contribution < 1.29 is 23.4 Å². The molecule has 1 amide bonds. The van der Waals surface area contributed by atoms with E-state index >= 15 is 0 Å². The van der Waals surface area contributed by atoms with Crippen molar-refractivity contribution >= 4 is 46.6 Å². The van der Waals surface area contributed by atoms with Crippen molar-refractivity contribution in [2.45, 2.75) is 18.3 Å². The lowest BCUT2D eigenvalue weighted by molar-refractivity contribution is -0.113. The monoisotopic (exact) mass is 526 g/mol. The van der Waals surface area contributed by atoms with Crippen molar-refractivity contribution in [1.82, 2.24) is 14.8 Å². The fourth-order valence-electron chi connectivity index (χ4n) is 2.85. The van der Waals surface area contributed by atoms with E-state index in [9.17, 15) is 9.18 Å². The van der Waals surface area contributed by atoms with Crippen molar-refractivity contribution in [2.24, 2.45) is 0 Å². The lowest BCUT2D eigenvalue weighted by Crippen LogP contribution is -2.15. The number of nitrogens with one attached hydrogen (secondary N) is 1. The number of amides is 1. The maximum absolute atomic E-state index is 13.2. The zero-order chi connectivity index (χ0) is 24.7. The summed E-state index contributed by atoms with van der Waals surface area (Å²) in [5.74, 6) is 0.911. The molecule has 0 fully saturated rings. The van der Waals surface area contributed by atoms with Gasteiger partial charge in [0.05, 0.1) is 35.7 Å². The summed E-state index contributed by atoms with van der Waals surface area (Å²) < 4.78 is 31.1. The number of hydrogen-bond acceptors (Lipinski definition) is 7. The van der Waals surface area contributed by atoms with Gasteiger partial charge in [0, 0.05) is 18.7 Å². The number of aromatic nitrogens is 3. The highest BCUT2D eigenvalue weighted by Gasteiger charge is 2.17. The predicted octanol–water partition coefficient (Wildman–Crippen LogP) is 5.24. The van der Waals surface area contributed by atoms with Crippen LogP contribution >= 0.6 is 35.0 Å². The number of methoxy groups -OCH3 is 2. The summed E-state index contributed by atoms with van der Waals surface area (Å²) in [5, 5.41) is 12.1. The summed E-state index contributed by atoms with van der Waals surface area (Å²) in [4.78, 5) is 12.6. The number of carbonyl (C=O) groups is 1. The average Bonchev–Trinajstić information content (AvgIpc) is 3.19. The van der Waals surface area contributed by atoms with Gasteiger partial charge in [-0.1, -0.05) is 41.0 Å². The number of carbonyl (C=O) groups excluding carboxylic acids is 1. The Bertz CT molecular complexity index is 1190. The molecule has 8 nitrogen and oxygen atoms in total. The number of anilines is 1. The third-order valence-corrected chi connectivity index (χ3v) is 5.99. The third-order valence-electron chi connectivity index (χ3n) is 4.44. The van der Waals surface area contributed by atoms with Crippen LogP contribution in [0, 0.1) is 5.82 Å². The van der Waals surface area contributed by atoms with Crippen LogP contribution in [0.1, 0.15) is 5.82 Å². The molecule has 0 atom stereocenters. The molecule has 0 bridgehead atoms. The first-order valence-corrected chi connectivity index (χ1v) is 11.5. The molecule has 0 unspecified atom stereocenters. The van der Waals surface area contributed by atoms with Crippen LogP contribution in [0.2, 0.25) is 10.0 Å². The minimum Gasteiger partial charge on any atom is -0.495 e. The number of ether oxygens (including phenoxy) is 3. The molecule has 0 aliphatic carbocycles. The highest BCUT2D eigenvalue weighted by atomic mass is 35.5. The minimum absolute atomic E-state index is 0.0424. The largest absolute Gasteiger partial charge is 0.495 e. The molecule has 3 rings (SSSR count). The smallest absolute Gasteiger partial charge is 0.234 e. The first-order valence-electron chi connectivity index (χ1n) is 9.81. The standard InChI is InChI=1S/C22H21Cl2FN4O4S/c1-4-7-29-20(11-33-17-6-5-13(25)8-14(17)23)27-28-22(29)34-12-21(30)26-16-10-18(31-2)15(24)9-19(16)32-3/h4-6,8-10H,1,7,11-12H2,2-3H3,(H,26,30). The van der Waals surface area contributed by atoms with E-state index in [1.165, 1.54) is 38.1 Å². The molecule has 0 radical (unpaired) electrons. The molecule has 0 saturated heterocycles. The van der Waals surface area contributed by atoms with Gasteiger partial charge in [0.15, 0.2) is 11.0 Å². The summed E-state index contributed by atoms with van der Waals surface area (Å²) in [6.45, 7) is 4.19. The van der Waals surface area contributed by atoms with Gasteiger partial charge in [-0.05, 0) is 18.2 Å². The molecule has 0 aliphatic rings. The molecule has 3 aromatic rings. The molecule has 1 heterocycles. The quantitative estimate of drug-likeness (QED) is 0.270. The topological polar surface area (TPSA) is 87.5 Å². The maximum Gasteiger partial charge on any atom is 0.234 e. The number of thioether (sulfide) groups is 1. The third kappa shape index (κ3) is 6.34. The van der Waals surface area contributed by atoms with Crippen molar-refractivity contribution in [2.75, 3.05) is 25.3 Å². The second kappa shape index (κ2) is 12.0. The highest BCUT2D eigenvalue weighted by molar-refractivity contribution is 7.99. The number of nitrogens with zero attached hydrogens (tertiary/aromatic N) is 3. The molecule has 2 aromatic carbocycles. The van der Waals surface area contributed by atoms with Gasteiger partial charge < -0.3 is 19.5 Å². The van der Waals surface area contributed by atoms with E-state index in [1.54, 1.807) is 22.8 Å². The van der Waals surface area contributed by atoms with Gasteiger partial charge in [0.1, 0.15) is 29.7 Å². The Labute approximate surface area is 210 Å². The SMILES string of the molecule is C=CCn1c(COc2ccc(F)cc2Cl)nnc1SCC(=O)Nc1cc(OC)c(Cl)cc1OC. The van der Waals surface area contributed by atoms with Crippen LogP contribution < -0.4 is 19.5 Å². The van der Waals surface area contributed by atoms with Crippen LogP contribution in [-0.2, 0) is 17.9 Å². The van der Waals surface area contributed by atoms with E-state index in [0.717, 1.165) is 6.07 Å². The molecular weight excluding hydrogens is 506 g/mol. The molecular formula is C22H21Cl2FN4O4S. The van der Waals surface area contributed by atoms with Crippen LogP contribution in [0.4, 0.5) is 10.1 Å². The summed E-state index contributed by atoms with van der Waals surface area (Å²) in [5.41, 5.74) is 0.423. The van der Waals surface area contributed by atoms with Gasteiger partial charge in [-0.3, -0.25) is 9.36 Å². The summed E-state index contributed by atoms with van der Waals surface area (Å²) in [6, 6.07) is 6.99. The maximum atomic E-state index is 13.2. The van der Waals surface area contributed by atoms with Crippen LogP contribution in [-0.4, -0.2) is 40.6 Å². The number of benzene rings is 2. The van der Waals surface area contributed by atoms with Gasteiger partial charge in [-0.2, -0.15) is 0 Å². The summed E-state index contributed by atoms with van der Waals surface area (Å²) >= 11 is 13.3. The van der Waals surface area contributed by atoms with E-state index in [1.807, 2.05) is 0 Å². The highest BCUT2D eigenvalue weighted by Crippen LogP contribution is 2.36. The van der Waals surface area contributed by atoms with Crippen molar-refractivity contribution in [3.63, 3.8) is 0 Å². The van der Waals surface area contributed by atoms with Gasteiger partial charge >= 0.3 is 0 Å². The molecule has 180 valence electrons. The zero-order valence-electron chi connectivity index (χ0n) is 18.3. The molecule has 34 heavy (non-hydrogen) atoms. The zero-order valence-corrected chi connectivity index (χ0v) is 20.6. The fourth-order valence-corrected chi connectivity index (χ4v) is 4.07. The van der Waals surface area contributed by atoms with E-state index in [4.69, 9.17) is 37.4 Å². The number of allylic oxidation sites excluding steroid dienone is 1. The van der Waals surface area contributed by atoms with Crippen LogP contribution in [0.15, 0.2) is 48.1 Å². The molecule has 1 aromatic heterocycles. The second-order valence-corrected chi connectivity index (χ2v) is 8.44. The number of hydrogen-bond donors (Lipinski definition) is 1. The van der Waals surface area contributed by atoms with Crippen LogP contribution in [0.5, 0.6) is 17.2 Å². The second-order valence-electron chi connectivity index (χ2n) is 6.69. The van der Waals surface area contributed by atoms with Crippen molar-refractivity contribution in [1.29, 1.82) is 0 Å². The molecule has 0 spiro atoms. The normalized spacial score (nSPS) is 10.6. The van der Waals surface area contributed by atoms with E-state index < -0.39 is 5.82 Å². The lowest BCUT2D eigenvalue weighted by Gasteiger charge is -2.13. The van der Waals surface area contributed by atoms with Crippen molar-refractivity contribution in [3.05, 3.63) is 64.7 Å². The van der Waals surface area contributed by atoms with Gasteiger partial charge in [0.2, 0.25) is 5.91 Å². The summed E-state index contributed by atoms with van der Waals surface area (Å²) in [7, 11) is 2.95. The van der Waals surface area contributed by atoms with E-state index in [-0.39, 0.29) is 23.3 Å². The van der Waals surface area contributed by atoms with E-state index in [0.29, 0.717) is 45.5 Å². The molecule has 0 saturated carbocycles. The number of halogens is 3. The molecule has 0 aliphatic heterocycles. The number of rotatable bonds is 11. The van der Waals surface area contributed by atoms with Gasteiger partial charge in [-0.15, -0.1) is 16.8 Å². The van der Waals surface area contributed by atoms with Gasteiger partial charge in [-0.25, -0.2) is 4.39 Å². The predicted molar refractivity (Wildman–Crippen MR) is 130 cm³/mol. The molecule has 1 N–H and O–H groups in total. The Morgan fingerprint density at radius 2 is 1.88 bits per heavy atom. The average molecular weight is 527 g/mol. The minimum atomic E-state index is -0.459. The Balaban J connectivity index is 1.67. The van der Waals surface area contributed by atoms with Crippen molar-refractivity contribution in [3.8, 4) is 17.2 Å². The van der Waals surface area contributed by atoms with Gasteiger partial charge in [0.25, 0.3) is 0 Å². The Morgan fingerprint density at radius 1 is 1.15 bits per heavy atom. The first kappa shape index (κ1) is 25.7. The first-order chi connectivity index (χ1) is 16.4. The summed E-state index contributed by atoms with van der Waals surface area (Å²) in [6.07, 6.45) is 1.67. The van der Waals surface area contributed by atoms with E-state index in [2.05, 4.69) is 22.1 Å². The van der Waals surface area contributed by atoms with Crippen LogP contribution in [0.3, 0.4) is 0 Å². The Hall–Kier alpha value is -2.95. The Morgan fingerprint density at radius 3 is 2.56 bits per heavy atom. The molecule has 12 heteroatoms. The lowest BCUT2D eigenvalue weighted by atomic mass is 10.2. The Kier molecular flexibility index (Phi) is 9.03.